The Morgan fingerprint density at radius 1 is 0.882 bits per heavy atom. The number of carbonyl (C=O) groups is 1. The van der Waals surface area contributed by atoms with E-state index < -0.39 is 23.1 Å². The van der Waals surface area contributed by atoms with Crippen molar-refractivity contribution >= 4 is 12.0 Å². The van der Waals surface area contributed by atoms with Gasteiger partial charge in [0.25, 0.3) is 0 Å². The summed E-state index contributed by atoms with van der Waals surface area (Å²) < 4.78 is 22.8. The monoisotopic (exact) mass is 456 g/mol. The summed E-state index contributed by atoms with van der Waals surface area (Å²) in [6.45, 7) is 0. The van der Waals surface area contributed by atoms with Crippen molar-refractivity contribution in [2.75, 3.05) is 14.2 Å². The molecular weight excluding hydrogens is 432 g/mol. The lowest BCUT2D eigenvalue weighted by Gasteiger charge is -2.59. The van der Waals surface area contributed by atoms with E-state index in [4.69, 9.17) is 18.6 Å². The van der Waals surface area contributed by atoms with Gasteiger partial charge in [-0.3, -0.25) is 0 Å². The summed E-state index contributed by atoms with van der Waals surface area (Å²) in [6.07, 6.45) is 5.21. The van der Waals surface area contributed by atoms with Gasteiger partial charge in [0.1, 0.15) is 17.3 Å². The molecule has 5 rings (SSSR count). The van der Waals surface area contributed by atoms with E-state index in [1.165, 1.54) is 19.3 Å². The lowest BCUT2D eigenvalue weighted by Crippen LogP contribution is -2.63. The predicted molar refractivity (Wildman–Crippen MR) is 126 cm³/mol. The molecule has 0 N–H and O–H groups in total. The van der Waals surface area contributed by atoms with Crippen molar-refractivity contribution in [3.63, 3.8) is 0 Å². The van der Waals surface area contributed by atoms with Gasteiger partial charge in [0.2, 0.25) is 0 Å². The summed E-state index contributed by atoms with van der Waals surface area (Å²) in [5, 5.41) is 0. The molecule has 6 nitrogen and oxygen atoms in total. The molecule has 1 saturated carbocycles. The SMILES string of the molecule is COC1=CC(=O)O[C@]2(C=Cc3ccccc3)[C@H]1[C@H](c1ccccc1)[C@H]2c1cc(OC)cc(=O)o1. The summed E-state index contributed by atoms with van der Waals surface area (Å²) in [4.78, 5) is 25.1. The van der Waals surface area contributed by atoms with Crippen LogP contribution in [0.15, 0.2) is 99.9 Å². The first-order chi connectivity index (χ1) is 16.6. The first-order valence-electron chi connectivity index (χ1n) is 11.0. The van der Waals surface area contributed by atoms with Crippen molar-refractivity contribution in [1.82, 2.24) is 0 Å². The van der Waals surface area contributed by atoms with Crippen LogP contribution in [0.2, 0.25) is 0 Å². The third-order valence-electron chi connectivity index (χ3n) is 6.60. The number of fused-ring (bicyclic) bond motifs is 1. The third-order valence-corrected chi connectivity index (χ3v) is 6.60. The second-order valence-corrected chi connectivity index (χ2v) is 8.38. The van der Waals surface area contributed by atoms with Gasteiger partial charge in [-0.2, -0.15) is 0 Å². The number of rotatable bonds is 6. The number of hydrogen-bond acceptors (Lipinski definition) is 6. The molecule has 3 aromatic rings. The van der Waals surface area contributed by atoms with Crippen LogP contribution in [0.5, 0.6) is 5.75 Å². The molecule has 1 aliphatic carbocycles. The zero-order chi connectivity index (χ0) is 23.7. The molecule has 172 valence electrons. The third kappa shape index (κ3) is 3.61. The zero-order valence-electron chi connectivity index (χ0n) is 18.8. The predicted octanol–water partition coefficient (Wildman–Crippen LogP) is 4.68. The van der Waals surface area contributed by atoms with Gasteiger partial charge in [-0.05, 0) is 17.2 Å². The van der Waals surface area contributed by atoms with Crippen LogP contribution in [-0.2, 0) is 14.3 Å². The van der Waals surface area contributed by atoms with E-state index in [1.54, 1.807) is 13.2 Å². The number of esters is 1. The van der Waals surface area contributed by atoms with Crippen LogP contribution in [-0.4, -0.2) is 25.8 Å². The van der Waals surface area contributed by atoms with E-state index in [9.17, 15) is 9.59 Å². The van der Waals surface area contributed by atoms with E-state index in [1.807, 2.05) is 72.8 Å². The average molecular weight is 456 g/mol. The molecule has 0 saturated heterocycles. The maximum absolute atomic E-state index is 12.7. The topological polar surface area (TPSA) is 75.0 Å². The molecule has 0 radical (unpaired) electrons. The van der Waals surface area contributed by atoms with Gasteiger partial charge >= 0.3 is 11.6 Å². The smallest absolute Gasteiger partial charge is 0.339 e. The van der Waals surface area contributed by atoms with E-state index >= 15 is 0 Å². The maximum atomic E-state index is 12.7. The molecular formula is C28H24O6. The van der Waals surface area contributed by atoms with Gasteiger partial charge in [0.05, 0.1) is 38.2 Å². The molecule has 2 aromatic carbocycles. The van der Waals surface area contributed by atoms with Crippen LogP contribution in [0.25, 0.3) is 6.08 Å². The summed E-state index contributed by atoms with van der Waals surface area (Å²) >= 11 is 0. The van der Waals surface area contributed by atoms with Crippen LogP contribution < -0.4 is 10.4 Å². The summed E-state index contributed by atoms with van der Waals surface area (Å²) in [5.41, 5.74) is 0.328. The molecule has 4 atom stereocenters. The number of methoxy groups -OCH3 is 2. The Balaban J connectivity index is 1.72. The Morgan fingerprint density at radius 3 is 2.26 bits per heavy atom. The molecule has 1 fully saturated rings. The summed E-state index contributed by atoms with van der Waals surface area (Å²) in [7, 11) is 3.05. The van der Waals surface area contributed by atoms with Crippen molar-refractivity contribution < 1.29 is 23.4 Å². The number of benzene rings is 2. The molecule has 1 aromatic heterocycles. The Morgan fingerprint density at radius 2 is 1.59 bits per heavy atom. The Labute approximate surface area is 197 Å². The first-order valence-corrected chi connectivity index (χ1v) is 11.0. The minimum Gasteiger partial charge on any atom is -0.500 e. The molecule has 0 bridgehead atoms. The van der Waals surface area contributed by atoms with Crippen molar-refractivity contribution in [1.29, 1.82) is 0 Å². The van der Waals surface area contributed by atoms with Gasteiger partial charge in [0, 0.05) is 12.0 Å². The molecule has 0 amide bonds. The lowest BCUT2D eigenvalue weighted by atomic mass is 9.49. The normalized spacial score (nSPS) is 25.6. The Bertz CT molecular complexity index is 1310. The molecule has 34 heavy (non-hydrogen) atoms. The van der Waals surface area contributed by atoms with Crippen molar-refractivity contribution in [2.24, 2.45) is 5.92 Å². The van der Waals surface area contributed by atoms with E-state index in [0.717, 1.165) is 11.1 Å². The van der Waals surface area contributed by atoms with E-state index in [0.29, 0.717) is 17.3 Å². The minimum absolute atomic E-state index is 0.170. The number of carbonyl (C=O) groups excluding carboxylic acids is 1. The van der Waals surface area contributed by atoms with Crippen LogP contribution >= 0.6 is 0 Å². The van der Waals surface area contributed by atoms with Gasteiger partial charge in [-0.1, -0.05) is 66.7 Å². The zero-order valence-corrected chi connectivity index (χ0v) is 18.8. The fourth-order valence-corrected chi connectivity index (χ4v) is 5.19. The highest BCUT2D eigenvalue weighted by Gasteiger charge is 2.68. The standard InChI is InChI=1S/C28H24O6/c1-31-20-15-22(33-23(29)16-20)27-25(19-11-7-4-8-12-19)26-21(32-2)17-24(30)34-28(26,27)14-13-18-9-5-3-6-10-18/h3-17,25-27H,1-2H3/t25-,26+,27+,28+/m0/s1. The highest BCUT2D eigenvalue weighted by molar-refractivity contribution is 5.85. The number of hydrogen-bond donors (Lipinski definition) is 0. The van der Waals surface area contributed by atoms with Crippen LogP contribution in [0.1, 0.15) is 28.7 Å². The minimum atomic E-state index is -1.12. The quantitative estimate of drug-likeness (QED) is 0.501. The van der Waals surface area contributed by atoms with Gasteiger partial charge in [0.15, 0.2) is 5.60 Å². The molecule has 0 spiro atoms. The fraction of sp³-hybridized carbons (Fsp3) is 0.214. The van der Waals surface area contributed by atoms with Crippen LogP contribution in [0.4, 0.5) is 0 Å². The molecule has 1 aliphatic heterocycles. The highest BCUT2D eigenvalue weighted by Crippen LogP contribution is 2.66. The van der Waals surface area contributed by atoms with Crippen molar-refractivity contribution in [3.05, 3.63) is 118 Å². The van der Waals surface area contributed by atoms with E-state index in [-0.39, 0.29) is 11.8 Å². The summed E-state index contributed by atoms with van der Waals surface area (Å²) in [5.74, 6) is -0.164. The van der Waals surface area contributed by atoms with Crippen LogP contribution in [0, 0.1) is 5.92 Å². The van der Waals surface area contributed by atoms with Crippen molar-refractivity contribution in [3.8, 4) is 5.75 Å². The highest BCUT2D eigenvalue weighted by atomic mass is 16.6. The molecule has 0 unspecified atom stereocenters. The fourth-order valence-electron chi connectivity index (χ4n) is 5.19. The van der Waals surface area contributed by atoms with Crippen LogP contribution in [0.3, 0.4) is 0 Å². The van der Waals surface area contributed by atoms with Gasteiger partial charge in [-0.15, -0.1) is 0 Å². The second kappa shape index (κ2) is 8.71. The number of ether oxygens (including phenoxy) is 3. The first kappa shape index (κ1) is 21.8. The summed E-state index contributed by atoms with van der Waals surface area (Å²) in [6, 6.07) is 22.6. The van der Waals surface area contributed by atoms with Crippen molar-refractivity contribution in [2.45, 2.75) is 17.4 Å². The Hall–Kier alpha value is -4.06. The lowest BCUT2D eigenvalue weighted by molar-refractivity contribution is -0.182. The Kier molecular flexibility index (Phi) is 5.57. The molecule has 6 heteroatoms. The second-order valence-electron chi connectivity index (χ2n) is 8.38. The van der Waals surface area contributed by atoms with Gasteiger partial charge < -0.3 is 18.6 Å². The average Bonchev–Trinajstić information content (AvgIpc) is 2.85. The maximum Gasteiger partial charge on any atom is 0.339 e. The molecule has 2 heterocycles. The van der Waals surface area contributed by atoms with E-state index in [2.05, 4.69) is 0 Å². The largest absolute Gasteiger partial charge is 0.500 e. The van der Waals surface area contributed by atoms with Gasteiger partial charge in [-0.25, -0.2) is 9.59 Å². The molecule has 2 aliphatic rings.